The Kier molecular flexibility index (Phi) is 9.11. The number of amides is 1. The second kappa shape index (κ2) is 12.5. The van der Waals surface area contributed by atoms with E-state index in [2.05, 4.69) is 29.6 Å². The predicted molar refractivity (Wildman–Crippen MR) is 129 cm³/mol. The topological polar surface area (TPSA) is 50.7 Å². The van der Waals surface area contributed by atoms with Gasteiger partial charge in [0.1, 0.15) is 5.75 Å². The molecule has 0 aliphatic rings. The molecule has 0 aliphatic heterocycles. The average molecular weight is 417 g/mol. The molecule has 0 aromatic heterocycles. The number of hydrogen-bond donors (Lipinski definition) is 1. The van der Waals surface area contributed by atoms with Crippen LogP contribution in [-0.2, 0) is 11.2 Å². The summed E-state index contributed by atoms with van der Waals surface area (Å²) in [4.78, 5) is 12.3. The van der Waals surface area contributed by atoms with Gasteiger partial charge in [-0.2, -0.15) is 5.10 Å². The third-order valence-corrected chi connectivity index (χ3v) is 5.28. The minimum Gasteiger partial charge on any atom is -0.494 e. The molecule has 0 fully saturated rings. The van der Waals surface area contributed by atoms with Crippen molar-refractivity contribution in [1.82, 2.24) is 5.43 Å². The molecule has 0 bridgehead atoms. The van der Waals surface area contributed by atoms with Crippen molar-refractivity contribution in [2.45, 2.75) is 51.9 Å². The lowest BCUT2D eigenvalue weighted by Gasteiger charge is -2.06. The quantitative estimate of drug-likeness (QED) is 0.215. The maximum atomic E-state index is 12.3. The lowest BCUT2D eigenvalue weighted by Crippen LogP contribution is -2.19. The Labute approximate surface area is 185 Å². The summed E-state index contributed by atoms with van der Waals surface area (Å²) in [5.74, 6) is 0.734. The first-order chi connectivity index (χ1) is 15.3. The van der Waals surface area contributed by atoms with Crippen LogP contribution in [-0.4, -0.2) is 18.7 Å². The van der Waals surface area contributed by atoms with Crippen molar-refractivity contribution in [2.24, 2.45) is 5.10 Å². The molecule has 0 heterocycles. The molecule has 0 atom stereocenters. The third kappa shape index (κ3) is 7.56. The van der Waals surface area contributed by atoms with E-state index >= 15 is 0 Å². The van der Waals surface area contributed by atoms with Crippen molar-refractivity contribution in [3.05, 3.63) is 77.9 Å². The molecule has 1 amide bonds. The monoisotopic (exact) mass is 416 g/mol. The number of hydrogen-bond acceptors (Lipinski definition) is 3. The van der Waals surface area contributed by atoms with E-state index in [1.165, 1.54) is 32.1 Å². The average Bonchev–Trinajstić information content (AvgIpc) is 2.80. The summed E-state index contributed by atoms with van der Waals surface area (Å²) >= 11 is 0. The Morgan fingerprint density at radius 3 is 2.48 bits per heavy atom. The number of rotatable bonds is 12. The van der Waals surface area contributed by atoms with E-state index in [1.54, 1.807) is 6.21 Å². The van der Waals surface area contributed by atoms with E-state index in [0.717, 1.165) is 40.7 Å². The van der Waals surface area contributed by atoms with Crippen molar-refractivity contribution in [1.29, 1.82) is 0 Å². The minimum atomic E-state index is -0.133. The van der Waals surface area contributed by atoms with Crippen LogP contribution in [0.3, 0.4) is 0 Å². The van der Waals surface area contributed by atoms with Crippen LogP contribution >= 0.6 is 0 Å². The van der Waals surface area contributed by atoms with Gasteiger partial charge in [-0.05, 0) is 52.6 Å². The number of unbranched alkanes of at least 4 members (excludes halogenated alkanes) is 5. The molecule has 0 spiro atoms. The van der Waals surface area contributed by atoms with Gasteiger partial charge in [0.15, 0.2) is 0 Å². The molecule has 0 saturated carbocycles. The fourth-order valence-electron chi connectivity index (χ4n) is 3.56. The van der Waals surface area contributed by atoms with Crippen molar-refractivity contribution < 1.29 is 9.53 Å². The van der Waals surface area contributed by atoms with Crippen LogP contribution in [0.2, 0.25) is 0 Å². The molecule has 3 aromatic rings. The first-order valence-corrected chi connectivity index (χ1v) is 11.3. The maximum absolute atomic E-state index is 12.3. The molecule has 4 heteroatoms. The molecule has 0 saturated heterocycles. The number of carbonyl (C=O) groups excluding carboxylic acids is 1. The number of hydrazone groups is 1. The standard InChI is InChI=1S/C27H32N2O2/c1-2-3-4-5-6-9-19-31-25-17-15-22(16-18-25)21-28-29-27(30)20-24-13-10-12-23-11-7-8-14-26(23)24/h7-8,10-18,21H,2-6,9,19-20H2,1H3,(H,29,30)/b28-21+. The van der Waals surface area contributed by atoms with Gasteiger partial charge in [0.2, 0.25) is 5.91 Å². The Bertz CT molecular complexity index is 975. The summed E-state index contributed by atoms with van der Waals surface area (Å²) in [6, 6.07) is 21.9. The summed E-state index contributed by atoms with van der Waals surface area (Å²) in [5, 5.41) is 6.33. The molecule has 0 unspecified atom stereocenters. The summed E-state index contributed by atoms with van der Waals surface area (Å²) in [5.41, 5.74) is 4.53. The van der Waals surface area contributed by atoms with E-state index in [4.69, 9.17) is 4.74 Å². The van der Waals surface area contributed by atoms with Gasteiger partial charge < -0.3 is 4.74 Å². The van der Waals surface area contributed by atoms with Gasteiger partial charge in [-0.3, -0.25) is 4.79 Å². The molecular formula is C27H32N2O2. The number of fused-ring (bicyclic) bond motifs is 1. The second-order valence-electron chi connectivity index (χ2n) is 7.79. The first-order valence-electron chi connectivity index (χ1n) is 11.3. The Morgan fingerprint density at radius 2 is 1.65 bits per heavy atom. The van der Waals surface area contributed by atoms with Crippen molar-refractivity contribution in [3.8, 4) is 5.75 Å². The van der Waals surface area contributed by atoms with E-state index in [1.807, 2.05) is 54.6 Å². The zero-order chi connectivity index (χ0) is 21.7. The molecule has 1 N–H and O–H groups in total. The van der Waals surface area contributed by atoms with Crippen LogP contribution in [0.25, 0.3) is 10.8 Å². The van der Waals surface area contributed by atoms with Gasteiger partial charge in [0.25, 0.3) is 0 Å². The normalized spacial score (nSPS) is 11.1. The summed E-state index contributed by atoms with van der Waals surface area (Å²) in [6.07, 6.45) is 9.48. The fraction of sp³-hybridized carbons (Fsp3) is 0.333. The Morgan fingerprint density at radius 1 is 0.903 bits per heavy atom. The highest BCUT2D eigenvalue weighted by atomic mass is 16.5. The van der Waals surface area contributed by atoms with Crippen LogP contribution < -0.4 is 10.2 Å². The zero-order valence-electron chi connectivity index (χ0n) is 18.3. The maximum Gasteiger partial charge on any atom is 0.244 e. The summed E-state index contributed by atoms with van der Waals surface area (Å²) in [7, 11) is 0. The predicted octanol–water partition coefficient (Wildman–Crippen LogP) is 6.27. The number of ether oxygens (including phenoxy) is 1. The molecule has 0 radical (unpaired) electrons. The number of nitrogens with zero attached hydrogens (tertiary/aromatic N) is 1. The van der Waals surface area contributed by atoms with Gasteiger partial charge in [0.05, 0.1) is 19.2 Å². The fourth-order valence-corrected chi connectivity index (χ4v) is 3.56. The summed E-state index contributed by atoms with van der Waals surface area (Å²) in [6.45, 7) is 2.99. The van der Waals surface area contributed by atoms with Crippen molar-refractivity contribution >= 4 is 22.9 Å². The highest BCUT2D eigenvalue weighted by Gasteiger charge is 2.06. The molecule has 31 heavy (non-hydrogen) atoms. The van der Waals surface area contributed by atoms with Crippen molar-refractivity contribution in [2.75, 3.05) is 6.61 Å². The molecule has 4 nitrogen and oxygen atoms in total. The SMILES string of the molecule is CCCCCCCCOc1ccc(/C=N/NC(=O)Cc2cccc3ccccc23)cc1. The van der Waals surface area contributed by atoms with E-state index < -0.39 is 0 Å². The second-order valence-corrected chi connectivity index (χ2v) is 7.79. The zero-order valence-corrected chi connectivity index (χ0v) is 18.3. The Hall–Kier alpha value is -3.14. The van der Waals surface area contributed by atoms with Gasteiger partial charge in [-0.15, -0.1) is 0 Å². The third-order valence-electron chi connectivity index (χ3n) is 5.28. The minimum absolute atomic E-state index is 0.133. The van der Waals surface area contributed by atoms with Crippen LogP contribution in [0, 0.1) is 0 Å². The highest BCUT2D eigenvalue weighted by molar-refractivity contribution is 5.90. The smallest absolute Gasteiger partial charge is 0.244 e. The number of nitrogens with one attached hydrogen (secondary N) is 1. The molecule has 3 aromatic carbocycles. The lowest BCUT2D eigenvalue weighted by molar-refractivity contribution is -0.120. The largest absolute Gasteiger partial charge is 0.494 e. The molecular weight excluding hydrogens is 384 g/mol. The number of benzene rings is 3. The highest BCUT2D eigenvalue weighted by Crippen LogP contribution is 2.19. The van der Waals surface area contributed by atoms with E-state index in [-0.39, 0.29) is 5.91 Å². The van der Waals surface area contributed by atoms with Gasteiger partial charge in [-0.1, -0.05) is 81.5 Å². The van der Waals surface area contributed by atoms with Crippen LogP contribution in [0.4, 0.5) is 0 Å². The van der Waals surface area contributed by atoms with Crippen LogP contribution in [0.5, 0.6) is 5.75 Å². The van der Waals surface area contributed by atoms with E-state index in [9.17, 15) is 4.79 Å². The van der Waals surface area contributed by atoms with Crippen LogP contribution in [0.1, 0.15) is 56.6 Å². The lowest BCUT2D eigenvalue weighted by atomic mass is 10.0. The molecule has 3 rings (SSSR count). The molecule has 0 aliphatic carbocycles. The van der Waals surface area contributed by atoms with Gasteiger partial charge >= 0.3 is 0 Å². The van der Waals surface area contributed by atoms with Crippen LogP contribution in [0.15, 0.2) is 71.8 Å². The Balaban J connectivity index is 1.40. The van der Waals surface area contributed by atoms with Gasteiger partial charge in [0, 0.05) is 0 Å². The summed E-state index contributed by atoms with van der Waals surface area (Å²) < 4.78 is 5.80. The van der Waals surface area contributed by atoms with Gasteiger partial charge in [-0.25, -0.2) is 5.43 Å². The van der Waals surface area contributed by atoms with E-state index in [0.29, 0.717) is 6.42 Å². The van der Waals surface area contributed by atoms with Crippen molar-refractivity contribution in [3.63, 3.8) is 0 Å². The first kappa shape index (κ1) is 22.5. The number of carbonyl (C=O) groups is 1. The molecule has 162 valence electrons.